The molecular formula is C15H19N5O. The van der Waals surface area contributed by atoms with Gasteiger partial charge in [0.15, 0.2) is 5.82 Å². The zero-order chi connectivity index (χ0) is 14.7. The maximum absolute atomic E-state index is 5.95. The van der Waals surface area contributed by atoms with Gasteiger partial charge >= 0.3 is 0 Å². The van der Waals surface area contributed by atoms with E-state index in [1.807, 2.05) is 12.1 Å². The van der Waals surface area contributed by atoms with E-state index < -0.39 is 0 Å². The number of rotatable bonds is 5. The van der Waals surface area contributed by atoms with Crippen molar-refractivity contribution in [1.29, 1.82) is 0 Å². The molecule has 2 heterocycles. The van der Waals surface area contributed by atoms with E-state index in [2.05, 4.69) is 33.9 Å². The molecule has 2 N–H and O–H groups in total. The monoisotopic (exact) mass is 285 g/mol. The fourth-order valence-electron chi connectivity index (χ4n) is 2.35. The van der Waals surface area contributed by atoms with Crippen LogP contribution in [-0.4, -0.2) is 23.2 Å². The van der Waals surface area contributed by atoms with Crippen LogP contribution in [0, 0.1) is 0 Å². The summed E-state index contributed by atoms with van der Waals surface area (Å²) in [6.45, 7) is 4.22. The number of nitrogens with two attached hydrogens (primary N) is 1. The number of aromatic nitrogens is 2. The molecule has 110 valence electrons. The molecule has 1 aliphatic rings. The lowest BCUT2D eigenvalue weighted by atomic mass is 10.2. The number of hydrogen-bond donors (Lipinski definition) is 1. The van der Waals surface area contributed by atoms with Crippen LogP contribution < -0.4 is 20.5 Å². The molecule has 0 aliphatic carbocycles. The number of benzene rings is 1. The van der Waals surface area contributed by atoms with Gasteiger partial charge < -0.3 is 9.64 Å². The topological polar surface area (TPSA) is 67.5 Å². The van der Waals surface area contributed by atoms with Gasteiger partial charge in [0.2, 0.25) is 0 Å². The lowest BCUT2D eigenvalue weighted by Crippen LogP contribution is -2.35. The summed E-state index contributed by atoms with van der Waals surface area (Å²) in [5.74, 6) is 7.63. The molecule has 0 spiro atoms. The lowest BCUT2D eigenvalue weighted by molar-refractivity contribution is 0.317. The molecule has 2 aromatic rings. The normalized spacial score (nSPS) is 13.4. The molecule has 0 atom stereocenters. The Bertz CT molecular complexity index is 601. The third-order valence-corrected chi connectivity index (χ3v) is 3.38. The van der Waals surface area contributed by atoms with Gasteiger partial charge in [0.05, 0.1) is 12.8 Å². The first kappa shape index (κ1) is 13.6. The van der Waals surface area contributed by atoms with Crippen molar-refractivity contribution in [2.45, 2.75) is 19.9 Å². The third-order valence-electron chi connectivity index (χ3n) is 3.38. The smallest absolute Gasteiger partial charge is 0.171 e. The van der Waals surface area contributed by atoms with Crippen LogP contribution in [0.1, 0.15) is 18.9 Å². The van der Waals surface area contributed by atoms with Crippen LogP contribution in [0.2, 0.25) is 0 Å². The number of nitrogens with zero attached hydrogens (tertiary/aromatic N) is 4. The van der Waals surface area contributed by atoms with Gasteiger partial charge in [-0.25, -0.2) is 15.8 Å². The second-order valence-corrected chi connectivity index (χ2v) is 5.03. The lowest BCUT2D eigenvalue weighted by Gasteiger charge is -2.18. The van der Waals surface area contributed by atoms with Crippen molar-refractivity contribution >= 4 is 11.5 Å². The third kappa shape index (κ3) is 2.90. The number of anilines is 2. The molecule has 0 unspecified atom stereocenters. The SMILES string of the molecule is CCCOc1ccc(CN2CN(N)c3ncncc32)cc1. The second-order valence-electron chi connectivity index (χ2n) is 5.03. The van der Waals surface area contributed by atoms with Gasteiger partial charge in [-0.3, -0.25) is 5.01 Å². The largest absolute Gasteiger partial charge is 0.494 e. The van der Waals surface area contributed by atoms with Crippen LogP contribution in [0.25, 0.3) is 0 Å². The number of fused-ring (bicyclic) bond motifs is 1. The predicted octanol–water partition coefficient (Wildman–Crippen LogP) is 1.92. The van der Waals surface area contributed by atoms with Crippen molar-refractivity contribution in [2.24, 2.45) is 5.84 Å². The summed E-state index contributed by atoms with van der Waals surface area (Å²) < 4.78 is 5.59. The highest BCUT2D eigenvalue weighted by molar-refractivity contribution is 5.70. The van der Waals surface area contributed by atoms with Crippen molar-refractivity contribution in [3.63, 3.8) is 0 Å². The Hall–Kier alpha value is -2.34. The molecule has 21 heavy (non-hydrogen) atoms. The Kier molecular flexibility index (Phi) is 3.87. The summed E-state index contributed by atoms with van der Waals surface area (Å²) in [4.78, 5) is 10.4. The second kappa shape index (κ2) is 5.97. The summed E-state index contributed by atoms with van der Waals surface area (Å²) in [5.41, 5.74) is 2.16. The molecule has 0 amide bonds. The molecule has 1 aromatic carbocycles. The first-order valence-corrected chi connectivity index (χ1v) is 7.07. The molecule has 0 saturated carbocycles. The van der Waals surface area contributed by atoms with Gasteiger partial charge in [-0.15, -0.1) is 0 Å². The Balaban J connectivity index is 1.70. The van der Waals surface area contributed by atoms with E-state index in [4.69, 9.17) is 10.6 Å². The quantitative estimate of drug-likeness (QED) is 0.847. The predicted molar refractivity (Wildman–Crippen MR) is 82.0 cm³/mol. The molecule has 6 heteroatoms. The zero-order valence-corrected chi connectivity index (χ0v) is 12.1. The molecule has 0 fully saturated rings. The minimum atomic E-state index is 0.613. The molecular weight excluding hydrogens is 266 g/mol. The molecule has 1 aliphatic heterocycles. The van der Waals surface area contributed by atoms with Crippen LogP contribution in [-0.2, 0) is 6.54 Å². The molecule has 0 saturated heterocycles. The first-order chi connectivity index (χ1) is 10.3. The van der Waals surface area contributed by atoms with Crippen molar-refractivity contribution in [3.05, 3.63) is 42.4 Å². The number of hydrogen-bond acceptors (Lipinski definition) is 6. The van der Waals surface area contributed by atoms with E-state index in [-0.39, 0.29) is 0 Å². The Morgan fingerprint density at radius 3 is 2.86 bits per heavy atom. The van der Waals surface area contributed by atoms with Gasteiger partial charge in [0.25, 0.3) is 0 Å². The van der Waals surface area contributed by atoms with Gasteiger partial charge in [0.1, 0.15) is 24.4 Å². The summed E-state index contributed by atoms with van der Waals surface area (Å²) in [5, 5.41) is 1.63. The minimum Gasteiger partial charge on any atom is -0.494 e. The number of ether oxygens (including phenoxy) is 1. The van der Waals surface area contributed by atoms with Gasteiger partial charge in [0, 0.05) is 6.54 Å². The Morgan fingerprint density at radius 1 is 1.29 bits per heavy atom. The highest BCUT2D eigenvalue weighted by Gasteiger charge is 2.25. The van der Waals surface area contributed by atoms with Crippen LogP contribution in [0.4, 0.5) is 11.5 Å². The molecule has 6 nitrogen and oxygen atoms in total. The van der Waals surface area contributed by atoms with Crippen molar-refractivity contribution in [2.75, 3.05) is 23.2 Å². The fraction of sp³-hybridized carbons (Fsp3) is 0.333. The molecule has 1 aromatic heterocycles. The average Bonchev–Trinajstić information content (AvgIpc) is 2.83. The van der Waals surface area contributed by atoms with Crippen LogP contribution >= 0.6 is 0 Å². The summed E-state index contributed by atoms with van der Waals surface area (Å²) >= 11 is 0. The van der Waals surface area contributed by atoms with Crippen LogP contribution in [0.5, 0.6) is 5.75 Å². The summed E-state index contributed by atoms with van der Waals surface area (Å²) in [7, 11) is 0. The minimum absolute atomic E-state index is 0.613. The fourth-order valence-corrected chi connectivity index (χ4v) is 2.35. The van der Waals surface area contributed by atoms with Gasteiger partial charge in [-0.05, 0) is 24.1 Å². The highest BCUT2D eigenvalue weighted by atomic mass is 16.5. The van der Waals surface area contributed by atoms with Crippen LogP contribution in [0.3, 0.4) is 0 Å². The van der Waals surface area contributed by atoms with E-state index in [1.54, 1.807) is 11.2 Å². The van der Waals surface area contributed by atoms with E-state index in [0.717, 1.165) is 36.8 Å². The van der Waals surface area contributed by atoms with Crippen LogP contribution in [0.15, 0.2) is 36.8 Å². The molecule has 3 rings (SSSR count). The summed E-state index contributed by atoms with van der Waals surface area (Å²) in [6.07, 6.45) is 4.33. The first-order valence-electron chi connectivity index (χ1n) is 7.07. The zero-order valence-electron chi connectivity index (χ0n) is 12.1. The van der Waals surface area contributed by atoms with Crippen molar-refractivity contribution < 1.29 is 4.74 Å². The summed E-state index contributed by atoms with van der Waals surface area (Å²) in [6, 6.07) is 8.16. The Morgan fingerprint density at radius 2 is 2.10 bits per heavy atom. The van der Waals surface area contributed by atoms with Crippen molar-refractivity contribution in [1.82, 2.24) is 9.97 Å². The maximum atomic E-state index is 5.95. The van der Waals surface area contributed by atoms with Gasteiger partial charge in [-0.2, -0.15) is 0 Å². The Labute approximate surface area is 124 Å². The standard InChI is InChI=1S/C15H19N5O/c1-2-7-21-13-5-3-12(4-6-13)9-19-11-20(16)15-14(19)8-17-10-18-15/h3-6,8,10H,2,7,9,11,16H2,1H3. The highest BCUT2D eigenvalue weighted by Crippen LogP contribution is 2.31. The molecule has 0 radical (unpaired) electrons. The van der Waals surface area contributed by atoms with Crippen molar-refractivity contribution in [3.8, 4) is 5.75 Å². The van der Waals surface area contributed by atoms with E-state index in [1.165, 1.54) is 11.9 Å². The van der Waals surface area contributed by atoms with Gasteiger partial charge in [-0.1, -0.05) is 19.1 Å². The molecule has 0 bridgehead atoms. The van der Waals surface area contributed by atoms with E-state index >= 15 is 0 Å². The average molecular weight is 285 g/mol. The maximum Gasteiger partial charge on any atom is 0.171 e. The van der Waals surface area contributed by atoms with E-state index in [0.29, 0.717) is 6.67 Å². The number of hydrazine groups is 1. The van der Waals surface area contributed by atoms with E-state index in [9.17, 15) is 0 Å².